The van der Waals surface area contributed by atoms with Crippen molar-refractivity contribution in [3.05, 3.63) is 0 Å². The molecule has 0 unspecified atom stereocenters. The van der Waals surface area contributed by atoms with Crippen LogP contribution in [0.2, 0.25) is 0 Å². The van der Waals surface area contributed by atoms with E-state index in [1.165, 1.54) is 57.9 Å². The summed E-state index contributed by atoms with van der Waals surface area (Å²) in [4.78, 5) is 5.11. The molecule has 0 bridgehead atoms. The van der Waals surface area contributed by atoms with Crippen molar-refractivity contribution in [2.45, 2.75) is 25.8 Å². The van der Waals surface area contributed by atoms with Crippen LogP contribution in [0.5, 0.6) is 0 Å². The Bertz CT molecular complexity index is 247. The summed E-state index contributed by atoms with van der Waals surface area (Å²) >= 11 is 1.94. The molecule has 106 valence electrons. The first kappa shape index (κ1) is 14.6. The van der Waals surface area contributed by atoms with Gasteiger partial charge in [-0.2, -0.15) is 11.8 Å². The smallest absolute Gasteiger partial charge is 0.0130 e. The molecule has 1 aliphatic heterocycles. The molecule has 2 fully saturated rings. The molecule has 0 aromatic carbocycles. The van der Waals surface area contributed by atoms with E-state index in [4.69, 9.17) is 0 Å². The standard InChI is InChI=1S/C14H29N3S/c1-13(10-18-3)15-11-14(4-5-14)12-17-8-6-16(2)7-9-17/h13,15H,4-12H2,1-3H3/t13-/m0/s1. The Kier molecular flexibility index (Phi) is 5.36. The number of nitrogens with one attached hydrogen (secondary N) is 1. The van der Waals surface area contributed by atoms with Gasteiger partial charge in [-0.3, -0.25) is 0 Å². The summed E-state index contributed by atoms with van der Waals surface area (Å²) in [5, 5.41) is 3.73. The molecule has 0 amide bonds. The van der Waals surface area contributed by atoms with Gasteiger partial charge in [-0.1, -0.05) is 0 Å². The summed E-state index contributed by atoms with van der Waals surface area (Å²) in [6.07, 6.45) is 5.05. The lowest BCUT2D eigenvalue weighted by Crippen LogP contribution is -2.48. The van der Waals surface area contributed by atoms with Crippen LogP contribution in [0, 0.1) is 5.41 Å². The van der Waals surface area contributed by atoms with Gasteiger partial charge in [0.1, 0.15) is 0 Å². The predicted octanol–water partition coefficient (Wildman–Crippen LogP) is 1.36. The van der Waals surface area contributed by atoms with Crippen molar-refractivity contribution in [2.75, 3.05) is 58.3 Å². The third-order valence-electron chi connectivity index (χ3n) is 4.35. The van der Waals surface area contributed by atoms with Gasteiger partial charge in [0, 0.05) is 51.1 Å². The summed E-state index contributed by atoms with van der Waals surface area (Å²) in [5.41, 5.74) is 0.614. The van der Waals surface area contributed by atoms with Crippen LogP contribution < -0.4 is 5.32 Å². The van der Waals surface area contributed by atoms with E-state index in [1.54, 1.807) is 0 Å². The van der Waals surface area contributed by atoms with Crippen LogP contribution in [-0.4, -0.2) is 74.2 Å². The largest absolute Gasteiger partial charge is 0.313 e. The summed E-state index contributed by atoms with van der Waals surface area (Å²) in [5.74, 6) is 1.23. The van der Waals surface area contributed by atoms with Crippen LogP contribution in [0.3, 0.4) is 0 Å². The molecule has 0 radical (unpaired) electrons. The van der Waals surface area contributed by atoms with E-state index < -0.39 is 0 Å². The minimum atomic E-state index is 0.614. The number of piperazine rings is 1. The highest BCUT2D eigenvalue weighted by molar-refractivity contribution is 7.98. The van der Waals surface area contributed by atoms with Gasteiger partial charge in [0.25, 0.3) is 0 Å². The van der Waals surface area contributed by atoms with Crippen LogP contribution in [-0.2, 0) is 0 Å². The van der Waals surface area contributed by atoms with Gasteiger partial charge >= 0.3 is 0 Å². The lowest BCUT2D eigenvalue weighted by Gasteiger charge is -2.35. The zero-order valence-electron chi connectivity index (χ0n) is 12.2. The molecular formula is C14H29N3S. The Labute approximate surface area is 117 Å². The molecule has 1 saturated heterocycles. The number of likely N-dealkylation sites (N-methyl/N-ethyl adjacent to an activating group) is 1. The van der Waals surface area contributed by atoms with Crippen LogP contribution in [0.4, 0.5) is 0 Å². The maximum atomic E-state index is 3.73. The predicted molar refractivity (Wildman–Crippen MR) is 81.5 cm³/mol. The number of nitrogens with zero attached hydrogens (tertiary/aromatic N) is 2. The molecule has 2 aliphatic rings. The normalized spacial score (nSPS) is 26.2. The van der Waals surface area contributed by atoms with E-state index in [0.29, 0.717) is 11.5 Å². The van der Waals surface area contributed by atoms with E-state index in [0.717, 1.165) is 0 Å². The fourth-order valence-corrected chi connectivity index (χ4v) is 3.37. The molecular weight excluding hydrogens is 242 g/mol. The van der Waals surface area contributed by atoms with E-state index in [2.05, 4.69) is 35.3 Å². The average molecular weight is 271 g/mol. The minimum Gasteiger partial charge on any atom is -0.313 e. The third kappa shape index (κ3) is 4.41. The van der Waals surface area contributed by atoms with Crippen molar-refractivity contribution in [2.24, 2.45) is 5.41 Å². The SMILES string of the molecule is CSC[C@H](C)NCC1(CN2CCN(C)CC2)CC1. The van der Waals surface area contributed by atoms with Gasteiger partial charge in [0.2, 0.25) is 0 Å². The number of hydrogen-bond acceptors (Lipinski definition) is 4. The topological polar surface area (TPSA) is 18.5 Å². The molecule has 18 heavy (non-hydrogen) atoms. The van der Waals surface area contributed by atoms with Crippen LogP contribution >= 0.6 is 11.8 Å². The Morgan fingerprint density at radius 3 is 2.44 bits per heavy atom. The molecule has 1 atom stereocenters. The number of thioether (sulfide) groups is 1. The first-order valence-corrected chi connectivity index (χ1v) is 8.66. The van der Waals surface area contributed by atoms with Gasteiger partial charge in [-0.25, -0.2) is 0 Å². The zero-order chi connectivity index (χ0) is 13.0. The molecule has 1 aliphatic carbocycles. The van der Waals surface area contributed by atoms with Gasteiger partial charge in [0.15, 0.2) is 0 Å². The molecule has 3 nitrogen and oxygen atoms in total. The average Bonchev–Trinajstić information content (AvgIpc) is 3.11. The maximum Gasteiger partial charge on any atom is 0.0130 e. The first-order chi connectivity index (χ1) is 8.63. The van der Waals surface area contributed by atoms with Crippen molar-refractivity contribution in [3.63, 3.8) is 0 Å². The first-order valence-electron chi connectivity index (χ1n) is 7.27. The highest BCUT2D eigenvalue weighted by atomic mass is 32.2. The quantitative estimate of drug-likeness (QED) is 0.753. The summed E-state index contributed by atoms with van der Waals surface area (Å²) in [7, 11) is 2.23. The van der Waals surface area contributed by atoms with Gasteiger partial charge in [0.05, 0.1) is 0 Å². The Morgan fingerprint density at radius 1 is 1.22 bits per heavy atom. The molecule has 4 heteroatoms. The van der Waals surface area contributed by atoms with E-state index in [9.17, 15) is 0 Å². The van der Waals surface area contributed by atoms with Crippen molar-refractivity contribution in [3.8, 4) is 0 Å². The highest BCUT2D eigenvalue weighted by Crippen LogP contribution is 2.45. The number of hydrogen-bond donors (Lipinski definition) is 1. The molecule has 1 heterocycles. The minimum absolute atomic E-state index is 0.614. The lowest BCUT2D eigenvalue weighted by atomic mass is 10.1. The highest BCUT2D eigenvalue weighted by Gasteiger charge is 2.43. The summed E-state index contributed by atoms with van der Waals surface area (Å²) in [6.45, 7) is 9.86. The van der Waals surface area contributed by atoms with Gasteiger partial charge in [-0.05, 0) is 38.5 Å². The Morgan fingerprint density at radius 2 is 1.89 bits per heavy atom. The van der Waals surface area contributed by atoms with Crippen LogP contribution in [0.1, 0.15) is 19.8 Å². The third-order valence-corrected chi connectivity index (χ3v) is 5.19. The lowest BCUT2D eigenvalue weighted by molar-refractivity contribution is 0.129. The fraction of sp³-hybridized carbons (Fsp3) is 1.00. The molecule has 0 aromatic heterocycles. The van der Waals surface area contributed by atoms with E-state index in [1.807, 2.05) is 11.8 Å². The van der Waals surface area contributed by atoms with Crippen molar-refractivity contribution in [1.29, 1.82) is 0 Å². The van der Waals surface area contributed by atoms with Gasteiger partial charge < -0.3 is 15.1 Å². The van der Waals surface area contributed by atoms with Crippen LogP contribution in [0.15, 0.2) is 0 Å². The van der Waals surface area contributed by atoms with Crippen molar-refractivity contribution in [1.82, 2.24) is 15.1 Å². The molecule has 0 spiro atoms. The van der Waals surface area contributed by atoms with Gasteiger partial charge in [-0.15, -0.1) is 0 Å². The Balaban J connectivity index is 1.68. The zero-order valence-corrected chi connectivity index (χ0v) is 13.1. The molecule has 2 rings (SSSR count). The van der Waals surface area contributed by atoms with Crippen molar-refractivity contribution >= 4 is 11.8 Å². The molecule has 0 aromatic rings. The monoisotopic (exact) mass is 271 g/mol. The van der Waals surface area contributed by atoms with Crippen molar-refractivity contribution < 1.29 is 0 Å². The summed E-state index contributed by atoms with van der Waals surface area (Å²) in [6, 6.07) is 0.657. The Hall–Kier alpha value is 0.230. The molecule has 1 saturated carbocycles. The van der Waals surface area contributed by atoms with E-state index >= 15 is 0 Å². The molecule has 1 N–H and O–H groups in total. The summed E-state index contributed by atoms with van der Waals surface area (Å²) < 4.78 is 0. The second-order valence-corrected chi connectivity index (χ2v) is 7.23. The fourth-order valence-electron chi connectivity index (χ4n) is 2.75. The maximum absolute atomic E-state index is 3.73. The second kappa shape index (κ2) is 6.60. The van der Waals surface area contributed by atoms with E-state index in [-0.39, 0.29) is 0 Å². The number of rotatable bonds is 7. The second-order valence-electron chi connectivity index (χ2n) is 6.32. The van der Waals surface area contributed by atoms with Crippen LogP contribution in [0.25, 0.3) is 0 Å².